The Morgan fingerprint density at radius 1 is 0.795 bits per heavy atom. The molecule has 1 heterocycles. The van der Waals surface area contributed by atoms with E-state index in [1.54, 1.807) is 24.3 Å². The summed E-state index contributed by atoms with van der Waals surface area (Å²) in [5.74, 6) is -3.89. The Morgan fingerprint density at radius 3 is 1.92 bits per heavy atom. The van der Waals surface area contributed by atoms with Crippen molar-refractivity contribution in [3.63, 3.8) is 0 Å². The van der Waals surface area contributed by atoms with E-state index in [4.69, 9.17) is 28.4 Å². The Bertz CT molecular complexity index is 1050. The number of rotatable bonds is 10. The number of carbonyl (C=O) groups is 6. The van der Waals surface area contributed by atoms with E-state index in [1.165, 1.54) is 6.92 Å². The lowest BCUT2D eigenvalue weighted by molar-refractivity contribution is -0.257. The highest BCUT2D eigenvalue weighted by molar-refractivity contribution is 5.85. The van der Waals surface area contributed by atoms with Gasteiger partial charge in [0.25, 0.3) is 0 Å². The van der Waals surface area contributed by atoms with Crippen molar-refractivity contribution < 1.29 is 57.2 Å². The average molecular weight is 553 g/mol. The summed E-state index contributed by atoms with van der Waals surface area (Å²) in [6.07, 6.45) is -7.88. The fraction of sp³-hybridized carbons (Fsp3) is 0.520. The number of hydrogen-bond donors (Lipinski definition) is 2. The van der Waals surface area contributed by atoms with Crippen molar-refractivity contribution in [2.45, 2.75) is 77.9 Å². The Hall–Kier alpha value is -4.20. The zero-order valence-corrected chi connectivity index (χ0v) is 22.2. The van der Waals surface area contributed by atoms with Crippen LogP contribution in [0.15, 0.2) is 30.3 Å². The zero-order chi connectivity index (χ0) is 29.1. The first-order valence-corrected chi connectivity index (χ1v) is 12.0. The molecule has 0 bridgehead atoms. The van der Waals surface area contributed by atoms with Crippen molar-refractivity contribution in [1.82, 2.24) is 10.6 Å². The minimum Gasteiger partial charge on any atom is -0.463 e. The quantitative estimate of drug-likeness (QED) is 0.303. The lowest BCUT2D eigenvalue weighted by Gasteiger charge is -2.44. The van der Waals surface area contributed by atoms with Gasteiger partial charge in [-0.15, -0.1) is 0 Å². The van der Waals surface area contributed by atoms with Gasteiger partial charge in [0, 0.05) is 27.7 Å². The first kappa shape index (κ1) is 31.0. The predicted octanol–water partition coefficient (Wildman–Crippen LogP) is 0.501. The summed E-state index contributed by atoms with van der Waals surface area (Å²) in [6, 6.07) is 7.73. The number of carbonyl (C=O) groups excluding carboxylic acids is 6. The summed E-state index contributed by atoms with van der Waals surface area (Å²) >= 11 is 0. The third kappa shape index (κ3) is 10.2. The van der Waals surface area contributed by atoms with E-state index in [0.717, 1.165) is 33.3 Å². The number of amides is 2. The standard InChI is InChI=1S/C25H32N2O12/c1-13(26-25(33)35-11-18-9-7-6-8-10-18)23(32)27-24-22(38-17(5)31)21(37-16(4)30)20(36-15(3)29)19(39-24)12-34-14(2)28/h6-10,13,19-22,24H,11-12H2,1-5H3,(H,26,33)(H,27,32)/t13-,19+,20-,21-,22+,24+/m0/s1. The second kappa shape index (κ2) is 14.7. The van der Waals surface area contributed by atoms with Gasteiger partial charge in [-0.05, 0) is 12.5 Å². The summed E-state index contributed by atoms with van der Waals surface area (Å²) < 4.78 is 31.8. The van der Waals surface area contributed by atoms with Gasteiger partial charge >= 0.3 is 30.0 Å². The molecule has 14 heteroatoms. The molecule has 39 heavy (non-hydrogen) atoms. The molecule has 0 spiro atoms. The van der Waals surface area contributed by atoms with E-state index in [0.29, 0.717) is 0 Å². The maximum absolute atomic E-state index is 12.9. The number of benzene rings is 1. The van der Waals surface area contributed by atoms with Crippen LogP contribution >= 0.6 is 0 Å². The monoisotopic (exact) mass is 552 g/mol. The minimum absolute atomic E-state index is 0.0271. The molecular formula is C25H32N2O12. The van der Waals surface area contributed by atoms with Gasteiger partial charge in [0.15, 0.2) is 24.5 Å². The van der Waals surface area contributed by atoms with Crippen LogP contribution in [0.5, 0.6) is 0 Å². The number of hydrogen-bond acceptors (Lipinski definition) is 12. The van der Waals surface area contributed by atoms with Gasteiger partial charge < -0.3 is 39.1 Å². The molecule has 1 aromatic carbocycles. The molecule has 2 amide bonds. The molecule has 1 aromatic rings. The number of nitrogens with one attached hydrogen (secondary N) is 2. The number of alkyl carbamates (subject to hydrolysis) is 1. The number of ether oxygens (including phenoxy) is 6. The second-order valence-corrected chi connectivity index (χ2v) is 8.56. The van der Waals surface area contributed by atoms with E-state index in [1.807, 2.05) is 6.07 Å². The van der Waals surface area contributed by atoms with Gasteiger partial charge in [0.1, 0.15) is 25.4 Å². The topological polar surface area (TPSA) is 182 Å². The highest BCUT2D eigenvalue weighted by atomic mass is 16.7. The third-order valence-corrected chi connectivity index (χ3v) is 5.22. The van der Waals surface area contributed by atoms with Crippen molar-refractivity contribution in [3.05, 3.63) is 35.9 Å². The lowest BCUT2D eigenvalue weighted by atomic mass is 9.97. The molecular weight excluding hydrogens is 520 g/mol. The van der Waals surface area contributed by atoms with Crippen molar-refractivity contribution >= 4 is 35.9 Å². The van der Waals surface area contributed by atoms with Crippen molar-refractivity contribution in [2.75, 3.05) is 6.61 Å². The first-order valence-electron chi connectivity index (χ1n) is 12.0. The van der Waals surface area contributed by atoms with E-state index in [2.05, 4.69) is 10.6 Å². The van der Waals surface area contributed by atoms with E-state index in [9.17, 15) is 28.8 Å². The fourth-order valence-corrected chi connectivity index (χ4v) is 3.62. The Kier molecular flexibility index (Phi) is 11.7. The molecule has 1 aliphatic heterocycles. The van der Waals surface area contributed by atoms with Gasteiger partial charge in [-0.25, -0.2) is 4.79 Å². The van der Waals surface area contributed by atoms with Crippen LogP contribution < -0.4 is 10.6 Å². The largest absolute Gasteiger partial charge is 0.463 e. The van der Waals surface area contributed by atoms with Gasteiger partial charge in [0.2, 0.25) is 5.91 Å². The van der Waals surface area contributed by atoms with Crippen LogP contribution in [0.25, 0.3) is 0 Å². The Labute approximate surface area is 224 Å². The fourth-order valence-electron chi connectivity index (χ4n) is 3.62. The molecule has 6 atom stereocenters. The SMILES string of the molecule is CC(=O)OC[C@H]1O[C@@H](NC(=O)[C@H](C)NC(=O)OCc2ccccc2)[C@H](OC(C)=O)[C@@H](OC(C)=O)[C@H]1OC(C)=O. The smallest absolute Gasteiger partial charge is 0.408 e. The van der Waals surface area contributed by atoms with Crippen LogP contribution in [0, 0.1) is 0 Å². The van der Waals surface area contributed by atoms with E-state index in [-0.39, 0.29) is 6.61 Å². The van der Waals surface area contributed by atoms with E-state index < -0.39 is 79.2 Å². The number of esters is 4. The molecule has 2 N–H and O–H groups in total. The molecule has 1 fully saturated rings. The minimum atomic E-state index is -1.48. The molecule has 2 rings (SSSR count). The van der Waals surface area contributed by atoms with Crippen LogP contribution in [0.1, 0.15) is 40.2 Å². The molecule has 214 valence electrons. The van der Waals surface area contributed by atoms with Crippen LogP contribution in [0.4, 0.5) is 4.79 Å². The molecule has 0 aliphatic carbocycles. The Balaban J connectivity index is 2.21. The predicted molar refractivity (Wildman–Crippen MR) is 129 cm³/mol. The third-order valence-electron chi connectivity index (χ3n) is 5.22. The second-order valence-electron chi connectivity index (χ2n) is 8.56. The van der Waals surface area contributed by atoms with Crippen LogP contribution in [0.3, 0.4) is 0 Å². The van der Waals surface area contributed by atoms with Gasteiger partial charge in [-0.3, -0.25) is 24.0 Å². The maximum atomic E-state index is 12.9. The summed E-state index contributed by atoms with van der Waals surface area (Å²) in [4.78, 5) is 72.1. The molecule has 0 aromatic heterocycles. The summed E-state index contributed by atoms with van der Waals surface area (Å²) in [7, 11) is 0. The highest BCUT2D eigenvalue weighted by Crippen LogP contribution is 2.28. The molecule has 14 nitrogen and oxygen atoms in total. The molecule has 1 aliphatic rings. The van der Waals surface area contributed by atoms with Crippen LogP contribution in [-0.4, -0.2) is 79.2 Å². The molecule has 0 saturated carbocycles. The summed E-state index contributed by atoms with van der Waals surface area (Å²) in [5, 5.41) is 4.83. The Morgan fingerprint density at radius 2 is 1.36 bits per heavy atom. The van der Waals surface area contributed by atoms with Crippen molar-refractivity contribution in [2.24, 2.45) is 0 Å². The normalized spacial score (nSPS) is 22.8. The van der Waals surface area contributed by atoms with Crippen molar-refractivity contribution in [3.8, 4) is 0 Å². The van der Waals surface area contributed by atoms with Crippen LogP contribution in [0.2, 0.25) is 0 Å². The van der Waals surface area contributed by atoms with Gasteiger partial charge in [0.05, 0.1) is 0 Å². The molecule has 1 saturated heterocycles. The van der Waals surface area contributed by atoms with Crippen molar-refractivity contribution in [1.29, 1.82) is 0 Å². The first-order chi connectivity index (χ1) is 18.4. The maximum Gasteiger partial charge on any atom is 0.408 e. The van der Waals surface area contributed by atoms with Crippen LogP contribution in [-0.2, 0) is 59.0 Å². The zero-order valence-electron chi connectivity index (χ0n) is 22.2. The van der Waals surface area contributed by atoms with E-state index >= 15 is 0 Å². The highest BCUT2D eigenvalue weighted by Gasteiger charge is 2.52. The summed E-state index contributed by atoms with van der Waals surface area (Å²) in [6.45, 7) is 5.26. The van der Waals surface area contributed by atoms with Gasteiger partial charge in [-0.1, -0.05) is 30.3 Å². The average Bonchev–Trinajstić information content (AvgIpc) is 2.84. The lowest BCUT2D eigenvalue weighted by Crippen LogP contribution is -2.67. The van der Waals surface area contributed by atoms with Gasteiger partial charge in [-0.2, -0.15) is 0 Å². The molecule has 0 unspecified atom stereocenters. The molecule has 0 radical (unpaired) electrons. The summed E-state index contributed by atoms with van der Waals surface area (Å²) in [5.41, 5.74) is 0.738.